The molecule has 2 heterocycles. The fourth-order valence-electron chi connectivity index (χ4n) is 3.97. The predicted molar refractivity (Wildman–Crippen MR) is 75.4 cm³/mol. The summed E-state index contributed by atoms with van der Waals surface area (Å²) in [4.78, 5) is 13.8. The average molecular weight is 277 g/mol. The molecule has 0 amide bonds. The number of rotatable bonds is 3. The zero-order valence-corrected chi connectivity index (χ0v) is 12.0. The Bertz CT molecular complexity index is 482. The molecular formula is C16H23NO3. The Morgan fingerprint density at radius 1 is 1.30 bits per heavy atom. The van der Waals surface area contributed by atoms with E-state index in [0.29, 0.717) is 18.5 Å². The quantitative estimate of drug-likeness (QED) is 0.922. The number of furan rings is 1. The van der Waals surface area contributed by atoms with Gasteiger partial charge in [-0.15, -0.1) is 0 Å². The summed E-state index contributed by atoms with van der Waals surface area (Å²) in [6.07, 6.45) is 6.75. The maximum absolute atomic E-state index is 11.6. The second-order valence-corrected chi connectivity index (χ2v) is 6.23. The molecular weight excluding hydrogens is 254 g/mol. The van der Waals surface area contributed by atoms with Crippen LogP contribution in [0.5, 0.6) is 0 Å². The lowest BCUT2D eigenvalue weighted by molar-refractivity contribution is -0.148. The van der Waals surface area contributed by atoms with Crippen LogP contribution in [0.15, 0.2) is 16.5 Å². The van der Waals surface area contributed by atoms with E-state index in [1.165, 1.54) is 19.3 Å². The molecule has 1 aromatic rings. The fourth-order valence-corrected chi connectivity index (χ4v) is 3.97. The number of hydrogen-bond acceptors (Lipinski definition) is 3. The van der Waals surface area contributed by atoms with E-state index in [-0.39, 0.29) is 6.04 Å². The molecule has 2 aliphatic rings. The van der Waals surface area contributed by atoms with Gasteiger partial charge in [0.2, 0.25) is 0 Å². The monoisotopic (exact) mass is 277 g/mol. The van der Waals surface area contributed by atoms with Crippen molar-refractivity contribution in [2.75, 3.05) is 0 Å². The molecule has 0 bridgehead atoms. The van der Waals surface area contributed by atoms with E-state index in [0.717, 1.165) is 30.8 Å². The van der Waals surface area contributed by atoms with Crippen molar-refractivity contribution in [2.45, 2.75) is 64.1 Å². The van der Waals surface area contributed by atoms with Crippen molar-refractivity contribution in [3.05, 3.63) is 23.7 Å². The van der Waals surface area contributed by atoms with Crippen LogP contribution in [0.4, 0.5) is 0 Å². The number of aliphatic carboxylic acids is 1. The van der Waals surface area contributed by atoms with Crippen LogP contribution in [0.2, 0.25) is 0 Å². The highest BCUT2D eigenvalue weighted by atomic mass is 16.4. The number of carboxylic acid groups (broad SMARTS) is 1. The molecule has 1 aliphatic carbocycles. The number of likely N-dealkylation sites (tertiary alicyclic amines) is 1. The molecule has 3 rings (SSSR count). The molecule has 0 spiro atoms. The van der Waals surface area contributed by atoms with Gasteiger partial charge in [-0.2, -0.15) is 0 Å². The van der Waals surface area contributed by atoms with Crippen LogP contribution in [0.3, 0.4) is 0 Å². The highest BCUT2D eigenvalue weighted by Gasteiger charge is 2.41. The van der Waals surface area contributed by atoms with Gasteiger partial charge in [-0.25, -0.2) is 0 Å². The summed E-state index contributed by atoms with van der Waals surface area (Å²) in [5.41, 5.74) is 0. The first-order chi connectivity index (χ1) is 9.65. The molecule has 3 unspecified atom stereocenters. The van der Waals surface area contributed by atoms with Gasteiger partial charge < -0.3 is 9.52 Å². The molecule has 110 valence electrons. The minimum atomic E-state index is -0.683. The van der Waals surface area contributed by atoms with Crippen molar-refractivity contribution in [1.29, 1.82) is 0 Å². The Kier molecular flexibility index (Phi) is 3.83. The summed E-state index contributed by atoms with van der Waals surface area (Å²) < 4.78 is 5.66. The van der Waals surface area contributed by atoms with E-state index in [1.807, 2.05) is 19.1 Å². The minimum Gasteiger partial charge on any atom is -0.480 e. The summed E-state index contributed by atoms with van der Waals surface area (Å²) in [5, 5.41) is 9.51. The highest BCUT2D eigenvalue weighted by molar-refractivity contribution is 5.73. The van der Waals surface area contributed by atoms with Gasteiger partial charge in [0.25, 0.3) is 0 Å². The molecule has 20 heavy (non-hydrogen) atoms. The maximum Gasteiger partial charge on any atom is 0.320 e. The Hall–Kier alpha value is -1.29. The minimum absolute atomic E-state index is 0.347. The first kappa shape index (κ1) is 13.7. The van der Waals surface area contributed by atoms with Gasteiger partial charge in [0.15, 0.2) is 0 Å². The standard InChI is InChI=1S/C16H23NO3/c1-11-6-8-13(20-11)10-17-14-5-3-2-4-12(14)7-9-15(17)16(18)19/h6,8,12,14-15H,2-5,7,9-10H2,1H3,(H,18,19). The number of fused-ring (bicyclic) bond motifs is 1. The predicted octanol–water partition coefficient (Wildman–Crippen LogP) is 3.20. The van der Waals surface area contributed by atoms with Crippen molar-refractivity contribution < 1.29 is 14.3 Å². The maximum atomic E-state index is 11.6. The fraction of sp³-hybridized carbons (Fsp3) is 0.688. The molecule has 4 heteroatoms. The number of hydrogen-bond donors (Lipinski definition) is 1. The lowest BCUT2D eigenvalue weighted by atomic mass is 9.76. The van der Waals surface area contributed by atoms with E-state index in [4.69, 9.17) is 4.42 Å². The molecule has 2 fully saturated rings. The molecule has 1 saturated heterocycles. The molecule has 0 radical (unpaired) electrons. The van der Waals surface area contributed by atoms with Crippen LogP contribution in [0.1, 0.15) is 50.0 Å². The Morgan fingerprint density at radius 2 is 2.10 bits per heavy atom. The van der Waals surface area contributed by atoms with E-state index in [2.05, 4.69) is 4.90 Å². The third-order valence-corrected chi connectivity index (χ3v) is 4.93. The molecule has 1 aromatic heterocycles. The van der Waals surface area contributed by atoms with Gasteiger partial charge in [-0.1, -0.05) is 12.8 Å². The number of nitrogens with zero attached hydrogens (tertiary/aromatic N) is 1. The Labute approximate surface area is 119 Å². The van der Waals surface area contributed by atoms with Gasteiger partial charge in [0, 0.05) is 6.04 Å². The second kappa shape index (κ2) is 5.60. The lowest BCUT2D eigenvalue weighted by Crippen LogP contribution is -2.54. The van der Waals surface area contributed by atoms with E-state index < -0.39 is 5.97 Å². The summed E-state index contributed by atoms with van der Waals surface area (Å²) in [5.74, 6) is 1.77. The second-order valence-electron chi connectivity index (χ2n) is 6.23. The van der Waals surface area contributed by atoms with Crippen LogP contribution in [0.25, 0.3) is 0 Å². The third-order valence-electron chi connectivity index (χ3n) is 4.93. The normalized spacial score (nSPS) is 30.9. The van der Waals surface area contributed by atoms with Crippen LogP contribution in [0, 0.1) is 12.8 Å². The van der Waals surface area contributed by atoms with E-state index >= 15 is 0 Å². The number of piperidine rings is 1. The zero-order chi connectivity index (χ0) is 14.1. The molecule has 3 atom stereocenters. The number of carboxylic acids is 1. The molecule has 1 N–H and O–H groups in total. The largest absolute Gasteiger partial charge is 0.480 e. The summed E-state index contributed by atoms with van der Waals surface area (Å²) >= 11 is 0. The molecule has 1 aliphatic heterocycles. The molecule has 4 nitrogen and oxygen atoms in total. The Morgan fingerprint density at radius 3 is 2.80 bits per heavy atom. The van der Waals surface area contributed by atoms with Crippen LogP contribution >= 0.6 is 0 Å². The smallest absolute Gasteiger partial charge is 0.320 e. The summed E-state index contributed by atoms with van der Waals surface area (Å²) in [6.45, 7) is 2.56. The van der Waals surface area contributed by atoms with Gasteiger partial charge in [0.05, 0.1) is 6.54 Å². The number of aryl methyl sites for hydroxylation is 1. The van der Waals surface area contributed by atoms with Gasteiger partial charge in [-0.05, 0) is 50.7 Å². The van der Waals surface area contributed by atoms with E-state index in [1.54, 1.807) is 0 Å². The zero-order valence-electron chi connectivity index (χ0n) is 12.0. The SMILES string of the molecule is Cc1ccc(CN2C(C(=O)O)CCC3CCCCC32)o1. The number of carbonyl (C=O) groups is 1. The van der Waals surface area contributed by atoms with Crippen molar-refractivity contribution in [3.63, 3.8) is 0 Å². The summed E-state index contributed by atoms with van der Waals surface area (Å²) in [6, 6.07) is 4.00. The van der Waals surface area contributed by atoms with Gasteiger partial charge in [-0.3, -0.25) is 9.69 Å². The van der Waals surface area contributed by atoms with Crippen molar-refractivity contribution in [2.24, 2.45) is 5.92 Å². The van der Waals surface area contributed by atoms with Gasteiger partial charge in [0.1, 0.15) is 17.6 Å². The Balaban J connectivity index is 1.81. The van der Waals surface area contributed by atoms with Crippen molar-refractivity contribution in [3.8, 4) is 0 Å². The topological polar surface area (TPSA) is 53.7 Å². The van der Waals surface area contributed by atoms with Crippen molar-refractivity contribution in [1.82, 2.24) is 4.90 Å². The molecule has 0 aromatic carbocycles. The molecule has 1 saturated carbocycles. The van der Waals surface area contributed by atoms with Crippen LogP contribution < -0.4 is 0 Å². The first-order valence-corrected chi connectivity index (χ1v) is 7.69. The summed E-state index contributed by atoms with van der Waals surface area (Å²) in [7, 11) is 0. The third kappa shape index (κ3) is 2.62. The highest BCUT2D eigenvalue weighted by Crippen LogP contribution is 2.38. The van der Waals surface area contributed by atoms with Crippen molar-refractivity contribution >= 4 is 5.97 Å². The van der Waals surface area contributed by atoms with Crippen LogP contribution in [-0.4, -0.2) is 28.1 Å². The van der Waals surface area contributed by atoms with Crippen LogP contribution in [-0.2, 0) is 11.3 Å². The van der Waals surface area contributed by atoms with Gasteiger partial charge >= 0.3 is 5.97 Å². The lowest BCUT2D eigenvalue weighted by Gasteiger charge is -2.46. The van der Waals surface area contributed by atoms with E-state index in [9.17, 15) is 9.90 Å². The first-order valence-electron chi connectivity index (χ1n) is 7.69. The average Bonchev–Trinajstić information content (AvgIpc) is 2.84.